The minimum absolute atomic E-state index is 0.00758. The molecule has 0 aliphatic carbocycles. The first-order valence-electron chi connectivity index (χ1n) is 14.7. The monoisotopic (exact) mass is 591 g/mol. The summed E-state index contributed by atoms with van der Waals surface area (Å²) in [6.45, 7) is 5.63. The van der Waals surface area contributed by atoms with E-state index in [1.165, 1.54) is 0 Å². The lowest BCUT2D eigenvalue weighted by atomic mass is 9.90. The lowest BCUT2D eigenvalue weighted by Crippen LogP contribution is -2.56. The molecule has 1 amide bonds. The second-order valence-electron chi connectivity index (χ2n) is 10.9. The van der Waals surface area contributed by atoms with Crippen LogP contribution < -0.4 is 9.64 Å². The van der Waals surface area contributed by atoms with Crippen molar-refractivity contribution in [1.82, 2.24) is 29.3 Å². The Morgan fingerprint density at radius 3 is 2.45 bits per heavy atom. The van der Waals surface area contributed by atoms with Gasteiger partial charge in [0.05, 0.1) is 23.8 Å². The number of nitrogens with zero attached hydrogens (tertiary/aromatic N) is 7. The summed E-state index contributed by atoms with van der Waals surface area (Å²) in [7, 11) is 1.66. The van der Waals surface area contributed by atoms with Crippen molar-refractivity contribution in [3.63, 3.8) is 0 Å². The summed E-state index contributed by atoms with van der Waals surface area (Å²) in [6.07, 6.45) is 5.33. The number of anilines is 1. The van der Waals surface area contributed by atoms with Crippen LogP contribution in [0.4, 0.5) is 5.69 Å². The van der Waals surface area contributed by atoms with E-state index in [0.717, 1.165) is 41.0 Å². The van der Waals surface area contributed by atoms with Crippen LogP contribution in [-0.4, -0.2) is 81.7 Å². The summed E-state index contributed by atoms with van der Waals surface area (Å²) in [5, 5.41) is 10.3. The van der Waals surface area contributed by atoms with Gasteiger partial charge in [0.1, 0.15) is 12.4 Å². The summed E-state index contributed by atoms with van der Waals surface area (Å²) in [5.41, 5.74) is 2.26. The molecule has 1 aliphatic rings. The van der Waals surface area contributed by atoms with Gasteiger partial charge in [0.2, 0.25) is 5.82 Å². The molecule has 0 spiro atoms. The summed E-state index contributed by atoms with van der Waals surface area (Å²) in [4.78, 5) is 23.5. The molecule has 1 fully saturated rings. The number of carbonyl (C=O) groups is 1. The van der Waals surface area contributed by atoms with Crippen molar-refractivity contribution in [2.45, 2.75) is 12.5 Å². The van der Waals surface area contributed by atoms with Gasteiger partial charge in [-0.05, 0) is 55.0 Å². The minimum atomic E-state index is -1.08. The summed E-state index contributed by atoms with van der Waals surface area (Å²) < 4.78 is 19.8. The quantitative estimate of drug-likeness (QED) is 0.227. The number of benzene rings is 2. The van der Waals surface area contributed by atoms with Gasteiger partial charge < -0.3 is 23.7 Å². The zero-order chi connectivity index (χ0) is 30.1. The highest BCUT2D eigenvalue weighted by Crippen LogP contribution is 2.32. The Hall–Kier alpha value is -5.16. The molecule has 1 unspecified atom stereocenters. The molecule has 7 rings (SSSR count). The van der Waals surface area contributed by atoms with Gasteiger partial charge in [0.25, 0.3) is 5.91 Å². The number of hydrogen-bond acceptors (Lipinski definition) is 8. The van der Waals surface area contributed by atoms with Crippen LogP contribution in [0.25, 0.3) is 28.1 Å². The lowest BCUT2D eigenvalue weighted by Gasteiger charge is -2.40. The van der Waals surface area contributed by atoms with Gasteiger partial charge in [-0.25, -0.2) is 9.50 Å². The van der Waals surface area contributed by atoms with Gasteiger partial charge in [-0.15, -0.1) is 5.10 Å². The zero-order valence-electron chi connectivity index (χ0n) is 24.7. The van der Waals surface area contributed by atoms with E-state index in [1.807, 2.05) is 84.9 Å². The zero-order valence-corrected chi connectivity index (χ0v) is 24.7. The molecule has 6 aromatic rings. The Bertz CT molecular complexity index is 1870. The Morgan fingerprint density at radius 2 is 1.73 bits per heavy atom. The molecule has 224 valence electrons. The van der Waals surface area contributed by atoms with E-state index < -0.39 is 5.54 Å². The maximum absolute atomic E-state index is 14.5. The van der Waals surface area contributed by atoms with Gasteiger partial charge >= 0.3 is 0 Å². The van der Waals surface area contributed by atoms with E-state index in [2.05, 4.69) is 22.1 Å². The van der Waals surface area contributed by atoms with Crippen LogP contribution in [0, 0.1) is 0 Å². The number of hydrogen-bond donors (Lipinski definition) is 0. The number of piperazine rings is 1. The number of ether oxygens (including phenoxy) is 2. The molecular weight excluding hydrogens is 558 g/mol. The number of methoxy groups -OCH3 is 1. The van der Waals surface area contributed by atoms with Crippen molar-refractivity contribution in [2.75, 3.05) is 51.4 Å². The van der Waals surface area contributed by atoms with Crippen LogP contribution in [-0.2, 0) is 15.1 Å². The number of fused-ring (bicyclic) bond motifs is 3. The third-order valence-electron chi connectivity index (χ3n) is 8.27. The fourth-order valence-corrected chi connectivity index (χ4v) is 5.76. The molecule has 0 radical (unpaired) electrons. The molecule has 0 N–H and O–H groups in total. The largest absolute Gasteiger partial charge is 0.491 e. The van der Waals surface area contributed by atoms with Gasteiger partial charge in [-0.1, -0.05) is 30.3 Å². The first-order valence-corrected chi connectivity index (χ1v) is 14.7. The summed E-state index contributed by atoms with van der Waals surface area (Å²) in [6, 6.07) is 23.4. The third-order valence-corrected chi connectivity index (χ3v) is 8.27. The van der Waals surface area contributed by atoms with E-state index in [0.29, 0.717) is 43.5 Å². The minimum Gasteiger partial charge on any atom is -0.491 e. The van der Waals surface area contributed by atoms with Crippen LogP contribution in [0.5, 0.6) is 5.75 Å². The molecule has 2 aromatic carbocycles. The Labute approximate surface area is 254 Å². The van der Waals surface area contributed by atoms with Crippen LogP contribution in [0.3, 0.4) is 0 Å². The smallest absolute Gasteiger partial charge is 0.254 e. The average Bonchev–Trinajstić information content (AvgIpc) is 3.85. The fraction of sp³-hybridized carbons (Fsp3) is 0.273. The molecule has 0 saturated carbocycles. The highest BCUT2D eigenvalue weighted by Gasteiger charge is 2.42. The first kappa shape index (κ1) is 27.7. The number of amides is 1. The lowest BCUT2D eigenvalue weighted by molar-refractivity contribution is -0.138. The maximum Gasteiger partial charge on any atom is 0.254 e. The van der Waals surface area contributed by atoms with E-state index >= 15 is 0 Å². The van der Waals surface area contributed by atoms with E-state index in [1.54, 1.807) is 22.6 Å². The van der Waals surface area contributed by atoms with Gasteiger partial charge in [0, 0.05) is 51.4 Å². The number of carbonyl (C=O) groups excluding carboxylic acids is 1. The Balaban J connectivity index is 1.16. The van der Waals surface area contributed by atoms with Crippen LogP contribution in [0.15, 0.2) is 95.9 Å². The molecule has 4 aromatic heterocycles. The van der Waals surface area contributed by atoms with E-state index in [-0.39, 0.29) is 5.91 Å². The van der Waals surface area contributed by atoms with Crippen molar-refractivity contribution < 1.29 is 18.7 Å². The molecule has 0 bridgehead atoms. The predicted octanol–water partition coefficient (Wildman–Crippen LogP) is 4.48. The van der Waals surface area contributed by atoms with Gasteiger partial charge in [-0.2, -0.15) is 5.10 Å². The van der Waals surface area contributed by atoms with Crippen molar-refractivity contribution in [3.05, 3.63) is 97.0 Å². The van der Waals surface area contributed by atoms with Gasteiger partial charge in [0.15, 0.2) is 16.9 Å². The van der Waals surface area contributed by atoms with Crippen molar-refractivity contribution in [3.8, 4) is 17.3 Å². The second kappa shape index (κ2) is 11.5. The van der Waals surface area contributed by atoms with Crippen molar-refractivity contribution in [2.24, 2.45) is 0 Å². The highest BCUT2D eigenvalue weighted by molar-refractivity contribution is 5.93. The van der Waals surface area contributed by atoms with Crippen LogP contribution in [0.2, 0.25) is 0 Å². The molecule has 11 heteroatoms. The molecule has 44 heavy (non-hydrogen) atoms. The molecular formula is C33H33N7O4. The number of pyridine rings is 1. The maximum atomic E-state index is 14.5. The fourth-order valence-electron chi connectivity index (χ4n) is 5.76. The van der Waals surface area contributed by atoms with E-state index in [4.69, 9.17) is 24.0 Å². The summed E-state index contributed by atoms with van der Waals surface area (Å²) in [5.74, 6) is 1.88. The normalized spacial score (nSPS) is 15.1. The number of furan rings is 1. The number of aromatic nitrogens is 5. The van der Waals surface area contributed by atoms with Crippen LogP contribution >= 0.6 is 0 Å². The Kier molecular flexibility index (Phi) is 7.23. The SMILES string of the molecule is COCCOc1ccc(N2CCN(C(=O)C(C)(c3ccccc3)n3cc4c(ccn5nc(-c6ccco6)nc45)n3)CC2)cc1. The predicted molar refractivity (Wildman–Crippen MR) is 166 cm³/mol. The Morgan fingerprint density at radius 1 is 0.932 bits per heavy atom. The van der Waals surface area contributed by atoms with E-state index in [9.17, 15) is 4.79 Å². The first-order chi connectivity index (χ1) is 21.5. The molecule has 1 aliphatic heterocycles. The third kappa shape index (κ3) is 4.94. The van der Waals surface area contributed by atoms with Crippen molar-refractivity contribution in [1.29, 1.82) is 0 Å². The molecule has 1 saturated heterocycles. The highest BCUT2D eigenvalue weighted by atomic mass is 16.5. The molecule has 5 heterocycles. The average molecular weight is 592 g/mol. The molecule has 11 nitrogen and oxygen atoms in total. The van der Waals surface area contributed by atoms with Crippen molar-refractivity contribution >= 4 is 28.1 Å². The topological polar surface area (TPSA) is 103 Å². The molecule has 1 atom stereocenters. The van der Waals surface area contributed by atoms with Crippen LogP contribution in [0.1, 0.15) is 12.5 Å². The number of rotatable bonds is 9. The summed E-state index contributed by atoms with van der Waals surface area (Å²) >= 11 is 0. The second-order valence-corrected chi connectivity index (χ2v) is 10.9. The van der Waals surface area contributed by atoms with Gasteiger partial charge in [-0.3, -0.25) is 9.48 Å². The standard InChI is InChI=1S/C33H33N7O4/c1-33(24-7-4-3-5-8-24,32(41)38-18-16-37(17-19-38)25-10-12-26(13-11-25)43-22-21-42-2)40-23-27-28(35-40)14-15-39-31(27)34-30(36-39)29-9-6-20-44-29/h3-15,20,23H,16-19,21-22H2,1-2H3.